The second-order valence-electron chi connectivity index (χ2n) is 3.29. The maximum atomic E-state index is 11.8. The molecule has 0 saturated heterocycles. The molecular weight excluding hydrogens is 273 g/mol. The van der Waals surface area contributed by atoms with Gasteiger partial charge in [0, 0.05) is 32.7 Å². The van der Waals surface area contributed by atoms with Crippen LogP contribution in [-0.4, -0.2) is 5.78 Å². The first kappa shape index (κ1) is 13.2. The van der Waals surface area contributed by atoms with Crippen molar-refractivity contribution >= 4 is 5.78 Å². The molecule has 2 heteroatoms. The Morgan fingerprint density at radius 3 is 1.88 bits per heavy atom. The minimum Gasteiger partial charge on any atom is -0.311 e. The molecule has 2 rings (SSSR count). The zero-order chi connectivity index (χ0) is 10.5. The van der Waals surface area contributed by atoms with E-state index in [4.69, 9.17) is 0 Å². The van der Waals surface area contributed by atoms with Gasteiger partial charge in [-0.05, 0) is 0 Å². The third-order valence-electron chi connectivity index (χ3n) is 2.16. The molecule has 0 amide bonds. The summed E-state index contributed by atoms with van der Waals surface area (Å²) in [6.07, 6.45) is 1.65. The monoisotopic (exact) mass is 284 g/mol. The van der Waals surface area contributed by atoms with Gasteiger partial charge in [0.2, 0.25) is 0 Å². The summed E-state index contributed by atoms with van der Waals surface area (Å²) in [6, 6.07) is 18.9. The number of benzene rings is 2. The van der Waals surface area contributed by atoms with Crippen molar-refractivity contribution in [3.05, 3.63) is 78.2 Å². The van der Waals surface area contributed by atoms with Crippen LogP contribution in [0.1, 0.15) is 15.9 Å². The molecule has 16 heavy (non-hydrogen) atoms. The van der Waals surface area contributed by atoms with Crippen LogP contribution in [0.15, 0.2) is 60.7 Å². The van der Waals surface area contributed by atoms with Crippen LogP contribution >= 0.6 is 0 Å². The maximum Gasteiger partial charge on any atom is 0.106 e. The first-order chi connectivity index (χ1) is 7.36. The van der Waals surface area contributed by atoms with Crippen LogP contribution in [0.2, 0.25) is 0 Å². The van der Waals surface area contributed by atoms with E-state index < -0.39 is 0 Å². The molecule has 0 fully saturated rings. The molecule has 0 aliphatic heterocycles. The summed E-state index contributed by atoms with van der Waals surface area (Å²) in [5.41, 5.74) is 1.66. The smallest absolute Gasteiger partial charge is 0.106 e. The average Bonchev–Trinajstić information content (AvgIpc) is 2.31. The topological polar surface area (TPSA) is 17.1 Å². The zero-order valence-electron chi connectivity index (χ0n) is 8.84. The van der Waals surface area contributed by atoms with Gasteiger partial charge in [0.25, 0.3) is 0 Å². The van der Waals surface area contributed by atoms with Crippen LogP contribution in [0.5, 0.6) is 0 Å². The van der Waals surface area contributed by atoms with E-state index in [-0.39, 0.29) is 38.5 Å². The van der Waals surface area contributed by atoms with E-state index in [1.807, 2.05) is 60.7 Å². The average molecular weight is 284 g/mol. The summed E-state index contributed by atoms with van der Waals surface area (Å²) in [4.78, 5) is 11.8. The SMILES string of the molecule is O=C([CH-]c1ccccc1)c1ccccc1.[Y]. The summed E-state index contributed by atoms with van der Waals surface area (Å²) in [5.74, 6) is 0.0433. The first-order valence-corrected chi connectivity index (χ1v) is 4.85. The summed E-state index contributed by atoms with van der Waals surface area (Å²) < 4.78 is 0. The third kappa shape index (κ3) is 3.59. The summed E-state index contributed by atoms with van der Waals surface area (Å²) in [7, 11) is 0. The molecule has 77 valence electrons. The van der Waals surface area contributed by atoms with Crippen LogP contribution in [0.4, 0.5) is 0 Å². The summed E-state index contributed by atoms with van der Waals surface area (Å²) in [5, 5.41) is 0. The zero-order valence-corrected chi connectivity index (χ0v) is 11.7. The standard InChI is InChI=1S/C14H11O.Y/c15-14(13-9-5-2-6-10-13)11-12-7-3-1-4-8-12;/h1-11H;/q-1;. The Labute approximate surface area is 121 Å². The van der Waals surface area contributed by atoms with Gasteiger partial charge in [-0.2, -0.15) is 0 Å². The van der Waals surface area contributed by atoms with Crippen molar-refractivity contribution in [3.8, 4) is 0 Å². The fourth-order valence-corrected chi connectivity index (χ4v) is 1.39. The first-order valence-electron chi connectivity index (χ1n) is 4.85. The van der Waals surface area contributed by atoms with Crippen molar-refractivity contribution in [1.82, 2.24) is 0 Å². The Kier molecular flexibility index (Phi) is 5.44. The van der Waals surface area contributed by atoms with Gasteiger partial charge in [-0.3, -0.25) is 0 Å². The number of hydrogen-bond acceptors (Lipinski definition) is 1. The van der Waals surface area contributed by atoms with Gasteiger partial charge >= 0.3 is 0 Å². The molecule has 0 heterocycles. The molecule has 0 saturated carbocycles. The Bertz CT molecular complexity index is 437. The number of carbonyl (C=O) groups is 1. The van der Waals surface area contributed by atoms with Crippen molar-refractivity contribution in [2.75, 3.05) is 0 Å². The van der Waals surface area contributed by atoms with E-state index in [0.29, 0.717) is 0 Å². The van der Waals surface area contributed by atoms with Crippen molar-refractivity contribution < 1.29 is 37.5 Å². The molecule has 0 aromatic heterocycles. The molecule has 0 aliphatic carbocycles. The van der Waals surface area contributed by atoms with Crippen LogP contribution in [-0.2, 0) is 32.7 Å². The molecule has 1 radical (unpaired) electrons. The van der Waals surface area contributed by atoms with Gasteiger partial charge in [-0.1, -0.05) is 48.4 Å². The summed E-state index contributed by atoms with van der Waals surface area (Å²) >= 11 is 0. The van der Waals surface area contributed by atoms with E-state index >= 15 is 0 Å². The molecular formula is C14H11OY-. The molecule has 0 bridgehead atoms. The number of hydrogen-bond donors (Lipinski definition) is 0. The van der Waals surface area contributed by atoms with Gasteiger partial charge in [0.1, 0.15) is 5.78 Å². The molecule has 0 N–H and O–H groups in total. The molecule has 1 nitrogen and oxygen atoms in total. The molecule has 2 aromatic rings. The minimum absolute atomic E-state index is 0. The number of carbonyl (C=O) groups excluding carboxylic acids is 1. The number of ketones is 1. The van der Waals surface area contributed by atoms with E-state index in [1.165, 1.54) is 0 Å². The Morgan fingerprint density at radius 2 is 1.31 bits per heavy atom. The van der Waals surface area contributed by atoms with Gasteiger partial charge in [-0.15, -0.1) is 29.8 Å². The van der Waals surface area contributed by atoms with Crippen LogP contribution in [0, 0.1) is 6.42 Å². The quantitative estimate of drug-likeness (QED) is 0.625. The van der Waals surface area contributed by atoms with Gasteiger partial charge in [0.05, 0.1) is 0 Å². The second kappa shape index (κ2) is 6.62. The normalized spacial score (nSPS) is 9.00. The fraction of sp³-hybridized carbons (Fsp3) is 0. The number of rotatable bonds is 3. The Hall–Kier alpha value is -0.916. The largest absolute Gasteiger partial charge is 0.311 e. The van der Waals surface area contributed by atoms with Gasteiger partial charge < -0.3 is 4.79 Å². The predicted molar refractivity (Wildman–Crippen MR) is 60.6 cm³/mol. The molecule has 0 aliphatic rings. The van der Waals surface area contributed by atoms with Crippen LogP contribution in [0.3, 0.4) is 0 Å². The van der Waals surface area contributed by atoms with Crippen LogP contribution < -0.4 is 0 Å². The van der Waals surface area contributed by atoms with E-state index in [1.54, 1.807) is 6.42 Å². The summed E-state index contributed by atoms with van der Waals surface area (Å²) in [6.45, 7) is 0. The van der Waals surface area contributed by atoms with E-state index in [2.05, 4.69) is 0 Å². The van der Waals surface area contributed by atoms with E-state index in [0.717, 1.165) is 11.1 Å². The van der Waals surface area contributed by atoms with Crippen molar-refractivity contribution in [3.63, 3.8) is 0 Å². The molecule has 0 atom stereocenters. The van der Waals surface area contributed by atoms with Crippen molar-refractivity contribution in [1.29, 1.82) is 0 Å². The molecule has 0 spiro atoms. The third-order valence-corrected chi connectivity index (χ3v) is 2.16. The van der Waals surface area contributed by atoms with E-state index in [9.17, 15) is 4.79 Å². The molecule has 2 aromatic carbocycles. The van der Waals surface area contributed by atoms with Gasteiger partial charge in [-0.25, -0.2) is 0 Å². The second-order valence-corrected chi connectivity index (χ2v) is 3.29. The van der Waals surface area contributed by atoms with Crippen molar-refractivity contribution in [2.24, 2.45) is 0 Å². The fourth-order valence-electron chi connectivity index (χ4n) is 1.39. The Morgan fingerprint density at radius 1 is 0.812 bits per heavy atom. The molecule has 0 unspecified atom stereocenters. The predicted octanol–water partition coefficient (Wildman–Crippen LogP) is 3.12. The van der Waals surface area contributed by atoms with Gasteiger partial charge in [0.15, 0.2) is 0 Å². The van der Waals surface area contributed by atoms with Crippen LogP contribution in [0.25, 0.3) is 0 Å². The van der Waals surface area contributed by atoms with Crippen molar-refractivity contribution in [2.45, 2.75) is 0 Å². The maximum absolute atomic E-state index is 11.8. The number of Topliss-reactive ketones (excluding diaryl/α,β-unsaturated/α-hetero) is 1. The Balaban J connectivity index is 0.00000128. The minimum atomic E-state index is 0.